The summed E-state index contributed by atoms with van der Waals surface area (Å²) < 4.78 is 21.8. The minimum absolute atomic E-state index is 0.0974. The zero-order chi connectivity index (χ0) is 17.1. The molecule has 0 saturated heterocycles. The molecule has 0 spiro atoms. The van der Waals surface area contributed by atoms with Crippen molar-refractivity contribution in [2.24, 2.45) is 0 Å². The molecule has 3 rings (SSSR count). The largest absolute Gasteiger partial charge is 0.508 e. The summed E-state index contributed by atoms with van der Waals surface area (Å²) in [5.74, 6) is 1.59. The molecule has 2 aromatic carbocycles. The predicted molar refractivity (Wildman–Crippen MR) is 86.1 cm³/mol. The number of methoxy groups -OCH3 is 2. The molecule has 1 atom stereocenters. The number of hydrogen-bond donors (Lipinski definition) is 1. The molecule has 1 unspecified atom stereocenters. The maximum absolute atomic E-state index is 12.2. The Kier molecular flexibility index (Phi) is 4.46. The Bertz CT molecular complexity index is 721. The minimum Gasteiger partial charge on any atom is -0.508 e. The van der Waals surface area contributed by atoms with E-state index in [0.717, 1.165) is 5.56 Å². The van der Waals surface area contributed by atoms with E-state index in [1.54, 1.807) is 26.4 Å². The third-order valence-corrected chi connectivity index (χ3v) is 3.83. The second-order valence-corrected chi connectivity index (χ2v) is 5.40. The van der Waals surface area contributed by atoms with Gasteiger partial charge in [0.2, 0.25) is 0 Å². The van der Waals surface area contributed by atoms with Gasteiger partial charge < -0.3 is 24.1 Å². The van der Waals surface area contributed by atoms with Crippen molar-refractivity contribution in [2.75, 3.05) is 20.8 Å². The lowest BCUT2D eigenvalue weighted by Gasteiger charge is -2.27. The average Bonchev–Trinajstić information content (AvgIpc) is 2.61. The molecule has 126 valence electrons. The Morgan fingerprint density at radius 2 is 1.92 bits per heavy atom. The average molecular weight is 330 g/mol. The number of esters is 1. The third kappa shape index (κ3) is 3.22. The Labute approximate surface area is 139 Å². The van der Waals surface area contributed by atoms with Gasteiger partial charge in [0.05, 0.1) is 19.8 Å². The van der Waals surface area contributed by atoms with E-state index in [0.29, 0.717) is 29.2 Å². The molecule has 1 N–H and O–H groups in total. The van der Waals surface area contributed by atoms with E-state index in [2.05, 4.69) is 0 Å². The highest BCUT2D eigenvalue weighted by Crippen LogP contribution is 2.37. The van der Waals surface area contributed by atoms with Gasteiger partial charge in [-0.2, -0.15) is 0 Å². The van der Waals surface area contributed by atoms with Crippen molar-refractivity contribution in [1.82, 2.24) is 0 Å². The number of phenolic OH excluding ortho intramolecular Hbond substituents is 1. The lowest BCUT2D eigenvalue weighted by molar-refractivity contribution is 0.0128. The molecule has 24 heavy (non-hydrogen) atoms. The van der Waals surface area contributed by atoms with Crippen LogP contribution in [0.4, 0.5) is 0 Å². The topological polar surface area (TPSA) is 74.2 Å². The molecule has 6 nitrogen and oxygen atoms in total. The van der Waals surface area contributed by atoms with Crippen LogP contribution in [0.2, 0.25) is 0 Å². The van der Waals surface area contributed by atoms with Crippen molar-refractivity contribution >= 4 is 5.97 Å². The summed E-state index contributed by atoms with van der Waals surface area (Å²) >= 11 is 0. The van der Waals surface area contributed by atoms with Crippen LogP contribution in [0.1, 0.15) is 15.9 Å². The first kappa shape index (κ1) is 16.0. The molecule has 0 bridgehead atoms. The molecule has 1 aliphatic heterocycles. The van der Waals surface area contributed by atoms with Crippen LogP contribution in [0.3, 0.4) is 0 Å². The van der Waals surface area contributed by atoms with Crippen LogP contribution < -0.4 is 14.2 Å². The second kappa shape index (κ2) is 6.70. The Balaban J connectivity index is 1.75. The smallest absolute Gasteiger partial charge is 0.338 e. The Hall–Kier alpha value is -2.89. The molecule has 0 fully saturated rings. The fourth-order valence-electron chi connectivity index (χ4n) is 2.59. The molecular formula is C18H18O6. The first-order valence-electron chi connectivity index (χ1n) is 7.48. The number of aromatic hydroxyl groups is 1. The van der Waals surface area contributed by atoms with E-state index in [9.17, 15) is 9.90 Å². The predicted octanol–water partition coefficient (Wildman–Crippen LogP) is 2.57. The number of rotatable bonds is 4. The maximum Gasteiger partial charge on any atom is 0.338 e. The molecule has 2 aromatic rings. The van der Waals surface area contributed by atoms with E-state index >= 15 is 0 Å². The first-order valence-corrected chi connectivity index (χ1v) is 7.48. The van der Waals surface area contributed by atoms with Crippen LogP contribution in [0.25, 0.3) is 0 Å². The Morgan fingerprint density at radius 1 is 1.17 bits per heavy atom. The lowest BCUT2D eigenvalue weighted by Crippen LogP contribution is -2.31. The number of phenols is 1. The van der Waals surface area contributed by atoms with Gasteiger partial charge in [-0.15, -0.1) is 0 Å². The van der Waals surface area contributed by atoms with E-state index in [-0.39, 0.29) is 12.4 Å². The number of hydrogen-bond acceptors (Lipinski definition) is 6. The van der Waals surface area contributed by atoms with Gasteiger partial charge in [0.25, 0.3) is 0 Å². The van der Waals surface area contributed by atoms with E-state index in [1.807, 2.05) is 0 Å². The zero-order valence-corrected chi connectivity index (χ0v) is 13.4. The molecule has 0 amide bonds. The van der Waals surface area contributed by atoms with Gasteiger partial charge in [-0.25, -0.2) is 4.79 Å². The van der Waals surface area contributed by atoms with Crippen molar-refractivity contribution < 1.29 is 28.8 Å². The summed E-state index contributed by atoms with van der Waals surface area (Å²) in [6.07, 6.45) is 0.0767. The molecule has 0 saturated carbocycles. The van der Waals surface area contributed by atoms with Crippen molar-refractivity contribution in [3.05, 3.63) is 47.5 Å². The van der Waals surface area contributed by atoms with Crippen LogP contribution >= 0.6 is 0 Å². The van der Waals surface area contributed by atoms with Gasteiger partial charge in [-0.3, -0.25) is 0 Å². The van der Waals surface area contributed by atoms with E-state index < -0.39 is 12.1 Å². The van der Waals surface area contributed by atoms with Crippen LogP contribution in [-0.4, -0.2) is 38.0 Å². The molecule has 0 radical (unpaired) electrons. The monoisotopic (exact) mass is 330 g/mol. The SMILES string of the molecule is COc1cc(OC)c2c(c1)OCC(OC(=O)c1ccc(O)cc1)C2. The van der Waals surface area contributed by atoms with Crippen LogP contribution in [0.15, 0.2) is 36.4 Å². The van der Waals surface area contributed by atoms with Crippen LogP contribution in [0.5, 0.6) is 23.0 Å². The van der Waals surface area contributed by atoms with Crippen molar-refractivity contribution in [1.29, 1.82) is 0 Å². The highest BCUT2D eigenvalue weighted by atomic mass is 16.6. The quantitative estimate of drug-likeness (QED) is 0.869. The number of benzene rings is 2. The van der Waals surface area contributed by atoms with Crippen LogP contribution in [0, 0.1) is 0 Å². The molecule has 0 aromatic heterocycles. The van der Waals surface area contributed by atoms with E-state index in [1.165, 1.54) is 24.3 Å². The van der Waals surface area contributed by atoms with Crippen molar-refractivity contribution in [2.45, 2.75) is 12.5 Å². The summed E-state index contributed by atoms with van der Waals surface area (Å²) in [6, 6.07) is 9.47. The van der Waals surface area contributed by atoms with Crippen LogP contribution in [-0.2, 0) is 11.2 Å². The number of carbonyl (C=O) groups excluding carboxylic acids is 1. The summed E-state index contributed by atoms with van der Waals surface area (Å²) in [4.78, 5) is 12.2. The molecule has 6 heteroatoms. The normalized spacial score (nSPS) is 15.8. The zero-order valence-electron chi connectivity index (χ0n) is 13.4. The van der Waals surface area contributed by atoms with Gasteiger partial charge in [0.15, 0.2) is 0 Å². The summed E-state index contributed by atoms with van der Waals surface area (Å²) in [6.45, 7) is 0.257. The lowest BCUT2D eigenvalue weighted by atomic mass is 10.0. The van der Waals surface area contributed by atoms with Gasteiger partial charge in [-0.1, -0.05) is 0 Å². The van der Waals surface area contributed by atoms with Gasteiger partial charge in [-0.05, 0) is 24.3 Å². The summed E-state index contributed by atoms with van der Waals surface area (Å²) in [5, 5.41) is 9.27. The molecule has 1 aliphatic rings. The third-order valence-electron chi connectivity index (χ3n) is 3.83. The molecule has 0 aliphatic carbocycles. The maximum atomic E-state index is 12.2. The highest BCUT2D eigenvalue weighted by Gasteiger charge is 2.27. The second-order valence-electron chi connectivity index (χ2n) is 5.40. The van der Waals surface area contributed by atoms with Gasteiger partial charge in [0.1, 0.15) is 35.7 Å². The highest BCUT2D eigenvalue weighted by molar-refractivity contribution is 5.89. The number of fused-ring (bicyclic) bond motifs is 1. The Morgan fingerprint density at radius 3 is 2.58 bits per heavy atom. The standard InChI is InChI=1S/C18H18O6/c1-21-13-8-16(22-2)15-7-14(10-23-17(15)9-13)24-18(20)11-3-5-12(19)6-4-11/h3-6,8-9,14,19H,7,10H2,1-2H3. The fourth-order valence-corrected chi connectivity index (χ4v) is 2.59. The summed E-state index contributed by atoms with van der Waals surface area (Å²) in [5.41, 5.74) is 1.22. The molecular weight excluding hydrogens is 312 g/mol. The van der Waals surface area contributed by atoms with Crippen molar-refractivity contribution in [3.63, 3.8) is 0 Å². The first-order chi connectivity index (χ1) is 11.6. The van der Waals surface area contributed by atoms with Gasteiger partial charge >= 0.3 is 5.97 Å². The summed E-state index contributed by atoms with van der Waals surface area (Å²) in [7, 11) is 3.15. The van der Waals surface area contributed by atoms with E-state index in [4.69, 9.17) is 18.9 Å². The van der Waals surface area contributed by atoms with Crippen molar-refractivity contribution in [3.8, 4) is 23.0 Å². The van der Waals surface area contributed by atoms with Gasteiger partial charge in [0, 0.05) is 24.1 Å². The fraction of sp³-hybridized carbons (Fsp3) is 0.278. The number of carbonyl (C=O) groups is 1. The number of ether oxygens (including phenoxy) is 4. The minimum atomic E-state index is -0.459. The molecule has 1 heterocycles.